The number of oxime groups is 2. The molecule has 2 amide bonds. The average Bonchev–Trinajstić information content (AvgIpc) is 3.18. The topological polar surface area (TPSA) is 188 Å². The highest BCUT2D eigenvalue weighted by Crippen LogP contribution is 2.31. The van der Waals surface area contributed by atoms with Gasteiger partial charge in [0.15, 0.2) is 11.4 Å². The lowest BCUT2D eigenvalue weighted by Crippen LogP contribution is -2.50. The van der Waals surface area contributed by atoms with E-state index in [1.807, 2.05) is 10.6 Å². The molecule has 0 heterocycles. The number of ether oxygens (including phenoxy) is 2. The molecule has 0 bridgehead atoms. The second-order valence-corrected chi connectivity index (χ2v) is 16.8. The van der Waals surface area contributed by atoms with Gasteiger partial charge < -0.3 is 20.1 Å². The van der Waals surface area contributed by atoms with Crippen molar-refractivity contribution in [3.05, 3.63) is 59.7 Å². The van der Waals surface area contributed by atoms with Gasteiger partial charge in [-0.05, 0) is 74.2 Å². The first-order valence-corrected chi connectivity index (χ1v) is 21.2. The summed E-state index contributed by atoms with van der Waals surface area (Å²) in [6, 6.07) is 5.45. The van der Waals surface area contributed by atoms with Gasteiger partial charge in [-0.1, -0.05) is 48.8 Å². The van der Waals surface area contributed by atoms with Crippen LogP contribution >= 0.6 is 0 Å². The summed E-state index contributed by atoms with van der Waals surface area (Å²) in [6.45, 7) is -0.311. The van der Waals surface area contributed by atoms with Crippen LogP contribution in [-0.2, 0) is 38.4 Å². The quantitative estimate of drug-likeness (QED) is 0.0694. The van der Waals surface area contributed by atoms with Crippen LogP contribution in [0.15, 0.2) is 58.8 Å². The summed E-state index contributed by atoms with van der Waals surface area (Å²) >= 11 is 0. The summed E-state index contributed by atoms with van der Waals surface area (Å²) in [7, 11) is -12.7. The molecule has 0 spiro atoms. The standard InChI is InChI=1S/C35H38F10N4O10S2/c36-32(37,38)28(48-58-60(52,53)34(42,43)30(50)46-24-8-3-1-4-9-24)22-12-16-26(17-13-22)56-20-7-21-57-27-18-14-23(15-19-27)29(33(39,40)41)49-59-61(54,55)35(44,45)31(51)47-25-10-5-2-6-11-25/h12-19,24-25H,1-11,20-21H2,(H,46,50)(H,47,51)/b48-28-,49-29-. The maximum absolute atomic E-state index is 14.5. The Kier molecular flexibility index (Phi) is 15.9. The lowest BCUT2D eigenvalue weighted by Gasteiger charge is -2.24. The Balaban J connectivity index is 1.30. The predicted octanol–water partition coefficient (Wildman–Crippen LogP) is 6.84. The Morgan fingerprint density at radius 1 is 0.541 bits per heavy atom. The Hall–Kier alpha value is -4.88. The molecule has 0 radical (unpaired) electrons. The third-order valence-corrected chi connectivity index (χ3v) is 11.3. The first-order valence-electron chi connectivity index (χ1n) is 18.4. The van der Waals surface area contributed by atoms with Gasteiger partial charge in [-0.3, -0.25) is 18.2 Å². The molecular weight excluding hydrogens is 891 g/mol. The molecule has 61 heavy (non-hydrogen) atoms. The normalized spacial score (nSPS) is 17.0. The molecule has 14 nitrogen and oxygen atoms in total. The molecule has 2 saturated carbocycles. The zero-order chi connectivity index (χ0) is 45.3. The number of alkyl halides is 10. The molecule has 0 saturated heterocycles. The number of nitrogens with zero attached hydrogens (tertiary/aromatic N) is 2. The molecule has 2 aliphatic rings. The van der Waals surface area contributed by atoms with Gasteiger partial charge in [0.25, 0.3) is 0 Å². The molecule has 2 N–H and O–H groups in total. The average molecular weight is 929 g/mol. The van der Waals surface area contributed by atoms with Crippen LogP contribution in [0.1, 0.15) is 81.8 Å². The predicted molar refractivity (Wildman–Crippen MR) is 194 cm³/mol. The van der Waals surface area contributed by atoms with Gasteiger partial charge in [0.05, 0.1) is 13.2 Å². The Morgan fingerprint density at radius 2 is 0.852 bits per heavy atom. The van der Waals surface area contributed by atoms with Crippen molar-refractivity contribution in [3.63, 3.8) is 0 Å². The molecule has 0 atom stereocenters. The number of benzene rings is 2. The van der Waals surface area contributed by atoms with E-state index in [1.54, 1.807) is 0 Å². The van der Waals surface area contributed by atoms with Gasteiger partial charge in [-0.2, -0.15) is 60.7 Å². The van der Waals surface area contributed by atoms with E-state index >= 15 is 0 Å². The minimum atomic E-state index is -6.33. The molecule has 0 aromatic heterocycles. The number of nitrogens with one attached hydrogen (secondary N) is 2. The molecule has 0 unspecified atom stereocenters. The van der Waals surface area contributed by atoms with E-state index in [0.29, 0.717) is 51.4 Å². The maximum Gasteiger partial charge on any atom is 0.459 e. The molecule has 2 fully saturated rings. The van der Waals surface area contributed by atoms with E-state index in [9.17, 15) is 70.3 Å². The van der Waals surface area contributed by atoms with E-state index in [1.165, 1.54) is 0 Å². The van der Waals surface area contributed by atoms with Crippen LogP contribution in [0.5, 0.6) is 11.5 Å². The van der Waals surface area contributed by atoms with Crippen LogP contribution in [0, 0.1) is 0 Å². The van der Waals surface area contributed by atoms with Crippen molar-refractivity contribution >= 4 is 43.5 Å². The third-order valence-electron chi connectivity index (χ3n) is 9.11. The van der Waals surface area contributed by atoms with Crippen LogP contribution in [0.25, 0.3) is 0 Å². The number of carbonyl (C=O) groups is 2. The van der Waals surface area contributed by atoms with E-state index in [-0.39, 0.29) is 31.1 Å². The molecule has 2 aromatic rings. The SMILES string of the molecule is O=C(NC1CCCCC1)C(F)(F)S(=O)(=O)O/N=C(/c1ccc(OCCCOc2ccc(/C(=N/OS(=O)(=O)C(F)(F)C(=O)NC3CCCCC3)C(F)(F)F)cc2)cc1)C(F)(F)F. The van der Waals surface area contributed by atoms with Crippen LogP contribution in [0.3, 0.4) is 0 Å². The summed E-state index contributed by atoms with van der Waals surface area (Å²) in [6.07, 6.45) is -5.66. The number of rotatable bonds is 18. The van der Waals surface area contributed by atoms with Crippen molar-refractivity contribution < 1.29 is 88.4 Å². The first kappa shape index (κ1) is 48.8. The van der Waals surface area contributed by atoms with Crippen molar-refractivity contribution in [3.8, 4) is 11.5 Å². The molecule has 0 aliphatic heterocycles. The number of amides is 2. The Morgan fingerprint density at radius 3 is 1.15 bits per heavy atom. The Bertz CT molecular complexity index is 1960. The van der Waals surface area contributed by atoms with Crippen LogP contribution in [0.4, 0.5) is 43.9 Å². The largest absolute Gasteiger partial charge is 0.493 e. The van der Waals surface area contributed by atoms with Gasteiger partial charge in [0.1, 0.15) is 11.5 Å². The lowest BCUT2D eigenvalue weighted by atomic mass is 9.95. The van der Waals surface area contributed by atoms with Gasteiger partial charge in [-0.25, -0.2) is 0 Å². The molecule has 340 valence electrons. The van der Waals surface area contributed by atoms with E-state index in [0.717, 1.165) is 61.4 Å². The van der Waals surface area contributed by atoms with E-state index in [2.05, 4.69) is 18.9 Å². The molecule has 2 aromatic carbocycles. The van der Waals surface area contributed by atoms with Crippen molar-refractivity contribution in [2.75, 3.05) is 13.2 Å². The van der Waals surface area contributed by atoms with Crippen LogP contribution in [-0.4, -0.2) is 88.2 Å². The molecule has 2 aliphatic carbocycles. The fourth-order valence-electron chi connectivity index (χ4n) is 5.92. The smallest absolute Gasteiger partial charge is 0.459 e. The number of halogens is 10. The van der Waals surface area contributed by atoms with Crippen molar-refractivity contribution in [2.45, 2.75) is 106 Å². The Labute approximate surface area is 342 Å². The fraction of sp³-hybridized carbons (Fsp3) is 0.543. The van der Waals surface area contributed by atoms with Crippen molar-refractivity contribution in [2.24, 2.45) is 10.3 Å². The third kappa shape index (κ3) is 13.1. The fourth-order valence-corrected chi connectivity index (χ4v) is 7.02. The summed E-state index contributed by atoms with van der Waals surface area (Å²) in [5.74, 6) is -4.63. The second kappa shape index (κ2) is 19.9. The molecule has 26 heteroatoms. The van der Waals surface area contributed by atoms with Gasteiger partial charge in [-0.15, -0.1) is 0 Å². The minimum Gasteiger partial charge on any atom is -0.493 e. The van der Waals surface area contributed by atoms with Gasteiger partial charge >= 0.3 is 54.9 Å². The summed E-state index contributed by atoms with van der Waals surface area (Å²) in [5.41, 5.74) is -5.74. The van der Waals surface area contributed by atoms with Crippen molar-refractivity contribution in [1.82, 2.24) is 10.6 Å². The molecular formula is C35H38F10N4O10S2. The highest BCUT2D eigenvalue weighted by Gasteiger charge is 2.57. The highest BCUT2D eigenvalue weighted by atomic mass is 32.2. The van der Waals surface area contributed by atoms with Crippen LogP contribution in [0.2, 0.25) is 0 Å². The highest BCUT2D eigenvalue weighted by molar-refractivity contribution is 7.88. The van der Waals surface area contributed by atoms with E-state index in [4.69, 9.17) is 9.47 Å². The maximum atomic E-state index is 14.5. The zero-order valence-corrected chi connectivity index (χ0v) is 33.2. The van der Waals surface area contributed by atoms with Crippen LogP contribution < -0.4 is 20.1 Å². The zero-order valence-electron chi connectivity index (χ0n) is 31.5. The summed E-state index contributed by atoms with van der Waals surface area (Å²) in [5, 5.41) is -2.01. The second-order valence-electron chi connectivity index (χ2n) is 13.7. The number of carbonyl (C=O) groups excluding carboxylic acids is 2. The van der Waals surface area contributed by atoms with Gasteiger partial charge in [0.2, 0.25) is 0 Å². The van der Waals surface area contributed by atoms with Crippen molar-refractivity contribution in [1.29, 1.82) is 0 Å². The first-order chi connectivity index (χ1) is 28.3. The minimum absolute atomic E-state index is 0.0418. The molecule has 4 rings (SSSR count). The summed E-state index contributed by atoms with van der Waals surface area (Å²) < 4.78 is 207. The number of hydrogen-bond donors (Lipinski definition) is 2. The van der Waals surface area contributed by atoms with E-state index < -0.39 is 89.5 Å². The number of hydrogen-bond acceptors (Lipinski definition) is 12. The lowest BCUT2D eigenvalue weighted by molar-refractivity contribution is -0.137. The van der Waals surface area contributed by atoms with Gasteiger partial charge in [0, 0.05) is 29.6 Å². The monoisotopic (exact) mass is 928 g/mol. The summed E-state index contributed by atoms with van der Waals surface area (Å²) in [4.78, 5) is 24.0.